The highest BCUT2D eigenvalue weighted by Gasteiger charge is 2.74. The largest absolute Gasteiger partial charge is 0.357 e. The maximum absolute atomic E-state index is 12.9. The van der Waals surface area contributed by atoms with Gasteiger partial charge in [-0.2, -0.15) is 0 Å². The van der Waals surface area contributed by atoms with Gasteiger partial charge in [-0.15, -0.1) is 0 Å². The van der Waals surface area contributed by atoms with E-state index in [1.165, 1.54) is 0 Å². The van der Waals surface area contributed by atoms with Gasteiger partial charge in [-0.1, -0.05) is 6.92 Å². The normalized spacial score (nSPS) is 42.2. The van der Waals surface area contributed by atoms with E-state index in [1.807, 2.05) is 0 Å². The van der Waals surface area contributed by atoms with Crippen molar-refractivity contribution in [3.63, 3.8) is 0 Å². The molecule has 2 atom stereocenters. The summed E-state index contributed by atoms with van der Waals surface area (Å²) in [7, 11) is 0. The lowest BCUT2D eigenvalue weighted by atomic mass is 9.97. The predicted molar refractivity (Wildman–Crippen MR) is 34.3 cm³/mol. The van der Waals surface area contributed by atoms with E-state index in [9.17, 15) is 22.0 Å². The molecule has 1 N–H and O–H groups in total. The molecule has 1 rings (SSSR count). The topological polar surface area (TPSA) is 20.2 Å². The van der Waals surface area contributed by atoms with Crippen molar-refractivity contribution in [2.24, 2.45) is 5.92 Å². The lowest BCUT2D eigenvalue weighted by Crippen LogP contribution is -2.44. The fraction of sp³-hybridized carbons (Fsp3) is 1.00. The van der Waals surface area contributed by atoms with Crippen molar-refractivity contribution >= 4 is 0 Å². The summed E-state index contributed by atoms with van der Waals surface area (Å²) in [6.07, 6.45) is -2.46. The first-order chi connectivity index (χ1) is 5.65. The molecule has 6 heteroatoms. The van der Waals surface area contributed by atoms with Gasteiger partial charge in [-0.3, -0.25) is 0 Å². The molecular weight excluding hydrogens is 195 g/mol. The maximum atomic E-state index is 12.9. The van der Waals surface area contributed by atoms with Crippen LogP contribution in [-0.2, 0) is 0 Å². The van der Waals surface area contributed by atoms with Crippen molar-refractivity contribution < 1.29 is 27.1 Å². The second-order valence-electron chi connectivity index (χ2n) is 3.28. The van der Waals surface area contributed by atoms with Crippen LogP contribution in [0.2, 0.25) is 0 Å². The van der Waals surface area contributed by atoms with Crippen LogP contribution in [0.5, 0.6) is 0 Å². The summed E-state index contributed by atoms with van der Waals surface area (Å²) in [6, 6.07) is 0. The third-order valence-electron chi connectivity index (χ3n) is 2.35. The van der Waals surface area contributed by atoms with Crippen LogP contribution in [0.4, 0.5) is 22.0 Å². The van der Waals surface area contributed by atoms with Crippen molar-refractivity contribution in [1.82, 2.24) is 0 Å². The van der Waals surface area contributed by atoms with E-state index in [4.69, 9.17) is 5.11 Å². The molecule has 0 aromatic rings. The van der Waals surface area contributed by atoms with Gasteiger partial charge in [-0.05, 0) is 6.42 Å². The van der Waals surface area contributed by atoms with Gasteiger partial charge in [0.05, 0.1) is 12.3 Å². The van der Waals surface area contributed by atoms with Gasteiger partial charge in [0, 0.05) is 0 Å². The molecule has 13 heavy (non-hydrogen) atoms. The first-order valence-electron chi connectivity index (χ1n) is 3.82. The molecule has 0 aliphatic heterocycles. The van der Waals surface area contributed by atoms with E-state index in [0.717, 1.165) is 6.92 Å². The van der Waals surface area contributed by atoms with Gasteiger partial charge < -0.3 is 5.11 Å². The van der Waals surface area contributed by atoms with E-state index in [-0.39, 0.29) is 0 Å². The fourth-order valence-corrected chi connectivity index (χ4v) is 1.65. The molecule has 0 radical (unpaired) electrons. The van der Waals surface area contributed by atoms with Gasteiger partial charge in [0.25, 0.3) is 11.8 Å². The van der Waals surface area contributed by atoms with Crippen LogP contribution >= 0.6 is 0 Å². The molecule has 0 amide bonds. The first-order valence-corrected chi connectivity index (χ1v) is 3.82. The molecule has 0 aromatic carbocycles. The van der Waals surface area contributed by atoms with Crippen LogP contribution in [0.1, 0.15) is 19.8 Å². The Morgan fingerprint density at radius 3 is 1.85 bits per heavy atom. The van der Waals surface area contributed by atoms with Gasteiger partial charge in [0.2, 0.25) is 0 Å². The highest BCUT2D eigenvalue weighted by Crippen LogP contribution is 2.57. The van der Waals surface area contributed by atoms with Crippen LogP contribution in [-0.4, -0.2) is 22.8 Å². The molecule has 1 nitrogen and oxygen atoms in total. The van der Waals surface area contributed by atoms with Crippen LogP contribution in [0, 0.1) is 5.92 Å². The number of hydrogen-bond acceptors (Lipinski definition) is 1. The predicted octanol–water partition coefficient (Wildman–Crippen LogP) is 2.35. The second kappa shape index (κ2) is 2.56. The number of hydrogen-bond donors (Lipinski definition) is 1. The summed E-state index contributed by atoms with van der Waals surface area (Å²) >= 11 is 0. The Hall–Kier alpha value is -0.390. The third kappa shape index (κ3) is 1.31. The smallest absolute Gasteiger partial charge is 0.311 e. The number of rotatable bonds is 1. The average Bonchev–Trinajstić information content (AvgIpc) is 1.93. The van der Waals surface area contributed by atoms with Crippen LogP contribution in [0.3, 0.4) is 0 Å². The molecule has 0 aromatic heterocycles. The fourth-order valence-electron chi connectivity index (χ4n) is 1.65. The van der Waals surface area contributed by atoms with E-state index in [2.05, 4.69) is 0 Å². The molecule has 0 bridgehead atoms. The van der Waals surface area contributed by atoms with Gasteiger partial charge in [-0.25, -0.2) is 22.0 Å². The Bertz CT molecular complexity index is 213. The maximum Gasteiger partial charge on any atom is 0.311 e. The van der Waals surface area contributed by atoms with E-state index < -0.39 is 36.5 Å². The number of aliphatic hydroxyl groups is 1. The molecule has 1 aliphatic carbocycles. The van der Waals surface area contributed by atoms with Crippen molar-refractivity contribution in [2.75, 3.05) is 0 Å². The van der Waals surface area contributed by atoms with Crippen molar-refractivity contribution in [2.45, 2.75) is 37.5 Å². The zero-order valence-corrected chi connectivity index (χ0v) is 6.83. The summed E-state index contributed by atoms with van der Waals surface area (Å²) in [5, 5.41) is 8.62. The minimum absolute atomic E-state index is 0.532. The lowest BCUT2D eigenvalue weighted by molar-refractivity contribution is -0.255. The highest BCUT2D eigenvalue weighted by molar-refractivity contribution is 5.05. The SMILES string of the molecule is CCC1C(F)(F)CC(F)(F)C1(O)F. The van der Waals surface area contributed by atoms with Crippen molar-refractivity contribution in [3.05, 3.63) is 0 Å². The summed E-state index contributed by atoms with van der Waals surface area (Å²) in [6.45, 7) is 1.13. The molecule has 2 unspecified atom stereocenters. The molecule has 1 fully saturated rings. The van der Waals surface area contributed by atoms with Gasteiger partial charge >= 0.3 is 5.92 Å². The van der Waals surface area contributed by atoms with E-state index in [0.29, 0.717) is 0 Å². The Morgan fingerprint density at radius 1 is 1.23 bits per heavy atom. The average molecular weight is 204 g/mol. The van der Waals surface area contributed by atoms with Crippen LogP contribution in [0.25, 0.3) is 0 Å². The van der Waals surface area contributed by atoms with E-state index in [1.54, 1.807) is 0 Å². The van der Waals surface area contributed by atoms with Crippen molar-refractivity contribution in [3.8, 4) is 0 Å². The van der Waals surface area contributed by atoms with Crippen molar-refractivity contribution in [1.29, 1.82) is 0 Å². The molecule has 1 aliphatic rings. The Kier molecular flexibility index (Phi) is 2.10. The quantitative estimate of drug-likeness (QED) is 0.650. The summed E-state index contributed by atoms with van der Waals surface area (Å²) in [5.74, 6) is -14.6. The minimum Gasteiger partial charge on any atom is -0.357 e. The second-order valence-corrected chi connectivity index (χ2v) is 3.28. The van der Waals surface area contributed by atoms with Gasteiger partial charge in [0.1, 0.15) is 0 Å². The zero-order valence-electron chi connectivity index (χ0n) is 6.83. The third-order valence-corrected chi connectivity index (χ3v) is 2.35. The Labute approximate surface area is 71.5 Å². The Balaban J connectivity index is 3.07. The number of alkyl halides is 5. The van der Waals surface area contributed by atoms with E-state index >= 15 is 0 Å². The summed E-state index contributed by atoms with van der Waals surface area (Å²) < 4.78 is 63.4. The standard InChI is InChI=1S/C7H9F5O/c1-2-4-5(8,9)3-6(10,11)7(4,12)13/h4,13H,2-3H2,1H3. The molecule has 0 saturated heterocycles. The summed E-state index contributed by atoms with van der Waals surface area (Å²) in [5.41, 5.74) is 0. The molecule has 78 valence electrons. The monoisotopic (exact) mass is 204 g/mol. The van der Waals surface area contributed by atoms with Crippen LogP contribution in [0.15, 0.2) is 0 Å². The molecule has 1 saturated carbocycles. The molecule has 0 heterocycles. The first kappa shape index (κ1) is 10.7. The lowest BCUT2D eigenvalue weighted by Gasteiger charge is -2.25. The Morgan fingerprint density at radius 2 is 1.69 bits per heavy atom. The molecular formula is C7H9F5O. The number of halogens is 5. The minimum atomic E-state index is -4.36. The highest BCUT2D eigenvalue weighted by atomic mass is 19.3. The molecule has 0 spiro atoms. The zero-order chi connectivity index (χ0) is 10.5. The summed E-state index contributed by atoms with van der Waals surface area (Å²) in [4.78, 5) is 0. The van der Waals surface area contributed by atoms with Crippen LogP contribution < -0.4 is 0 Å². The van der Waals surface area contributed by atoms with Gasteiger partial charge in [0.15, 0.2) is 0 Å².